The molecule has 1 aromatic carbocycles. The van der Waals surface area contributed by atoms with E-state index in [0.29, 0.717) is 29.4 Å². The van der Waals surface area contributed by atoms with Crippen LogP contribution in [0.4, 0.5) is 0 Å². The molecule has 0 bridgehead atoms. The Balaban J connectivity index is 1.76. The molecule has 0 saturated heterocycles. The summed E-state index contributed by atoms with van der Waals surface area (Å²) in [5.41, 5.74) is 3.13. The van der Waals surface area contributed by atoms with Gasteiger partial charge in [-0.15, -0.1) is 0 Å². The van der Waals surface area contributed by atoms with Gasteiger partial charge in [-0.3, -0.25) is 4.79 Å². The minimum Gasteiger partial charge on any atom is -0.456 e. The summed E-state index contributed by atoms with van der Waals surface area (Å²) in [6.45, 7) is 8.26. The van der Waals surface area contributed by atoms with Crippen molar-refractivity contribution in [1.82, 2.24) is 9.88 Å². The molecule has 0 saturated carbocycles. The summed E-state index contributed by atoms with van der Waals surface area (Å²) in [7, 11) is 0. The Labute approximate surface area is 157 Å². The van der Waals surface area contributed by atoms with E-state index < -0.39 is 5.60 Å². The molecule has 0 aliphatic carbocycles. The van der Waals surface area contributed by atoms with Gasteiger partial charge in [0.25, 0.3) is 5.91 Å². The van der Waals surface area contributed by atoms with E-state index in [-0.39, 0.29) is 11.9 Å². The van der Waals surface area contributed by atoms with E-state index in [4.69, 9.17) is 16.3 Å². The maximum absolute atomic E-state index is 12.5. The molecular weight excluding hydrogens is 352 g/mol. The number of halogens is 1. The number of fused-ring (bicyclic) bond motifs is 1. The minimum absolute atomic E-state index is 0.0572. The zero-order chi connectivity index (χ0) is 19.1. The zero-order valence-electron chi connectivity index (χ0n) is 15.3. The fourth-order valence-electron chi connectivity index (χ4n) is 2.98. The van der Waals surface area contributed by atoms with Gasteiger partial charge in [-0.05, 0) is 51.0 Å². The number of hydrogen-bond donors (Lipinski definition) is 0. The molecule has 1 amide bonds. The molecule has 6 heteroatoms. The third-order valence-corrected chi connectivity index (χ3v) is 4.48. The van der Waals surface area contributed by atoms with Crippen LogP contribution in [0.15, 0.2) is 30.5 Å². The highest BCUT2D eigenvalue weighted by atomic mass is 35.5. The van der Waals surface area contributed by atoms with Gasteiger partial charge in [-0.25, -0.2) is 9.78 Å². The number of aromatic nitrogens is 1. The molecule has 0 spiro atoms. The number of carbonyl (C=O) groups excluding carboxylic acids is 2. The van der Waals surface area contributed by atoms with Crippen molar-refractivity contribution < 1.29 is 14.3 Å². The van der Waals surface area contributed by atoms with Crippen LogP contribution in [0.2, 0.25) is 5.15 Å². The topological polar surface area (TPSA) is 59.5 Å². The molecule has 1 aliphatic rings. The van der Waals surface area contributed by atoms with E-state index in [9.17, 15) is 9.59 Å². The highest BCUT2D eigenvalue weighted by molar-refractivity contribution is 6.30. The van der Waals surface area contributed by atoms with E-state index in [0.717, 1.165) is 16.7 Å². The molecule has 0 atom stereocenters. The van der Waals surface area contributed by atoms with Crippen molar-refractivity contribution in [2.24, 2.45) is 0 Å². The third-order valence-electron chi connectivity index (χ3n) is 4.15. The van der Waals surface area contributed by atoms with Gasteiger partial charge in [-0.2, -0.15) is 0 Å². The number of esters is 1. The maximum Gasteiger partial charge on any atom is 0.338 e. The summed E-state index contributed by atoms with van der Waals surface area (Å²) in [5.74, 6) is -0.401. The number of pyridine rings is 1. The second-order valence-corrected chi connectivity index (χ2v) is 7.80. The van der Waals surface area contributed by atoms with Crippen LogP contribution in [-0.2, 0) is 17.8 Å². The lowest BCUT2D eigenvalue weighted by Gasteiger charge is -2.21. The number of nitrogens with zero attached hydrogens (tertiary/aromatic N) is 2. The molecule has 1 aliphatic heterocycles. The predicted octanol–water partition coefficient (Wildman–Crippen LogP) is 4.15. The zero-order valence-corrected chi connectivity index (χ0v) is 16.1. The first kappa shape index (κ1) is 18.4. The smallest absolute Gasteiger partial charge is 0.338 e. The number of amides is 1. The van der Waals surface area contributed by atoms with E-state index in [1.807, 2.05) is 39.8 Å². The Morgan fingerprint density at radius 1 is 1.31 bits per heavy atom. The van der Waals surface area contributed by atoms with Gasteiger partial charge in [0.2, 0.25) is 0 Å². The largest absolute Gasteiger partial charge is 0.456 e. The first-order valence-electron chi connectivity index (χ1n) is 8.41. The molecule has 2 heterocycles. The number of hydrogen-bond acceptors (Lipinski definition) is 4. The van der Waals surface area contributed by atoms with Gasteiger partial charge in [0, 0.05) is 23.9 Å². The van der Waals surface area contributed by atoms with E-state index in [2.05, 4.69) is 4.98 Å². The van der Waals surface area contributed by atoms with Crippen LogP contribution < -0.4 is 0 Å². The van der Waals surface area contributed by atoms with Crippen LogP contribution in [0.5, 0.6) is 0 Å². The standard InChI is InChI=1S/C20H21ClN2O3/c1-12-9-13(5-6-14(12)19(25)26-20(2,3)4)10-23-11-16-15(18(23)24)7-8-22-17(16)21/h5-9H,10-11H2,1-4H3. The van der Waals surface area contributed by atoms with Crippen molar-refractivity contribution in [3.63, 3.8) is 0 Å². The van der Waals surface area contributed by atoms with Crippen LogP contribution in [0, 0.1) is 6.92 Å². The molecular formula is C20H21ClN2O3. The van der Waals surface area contributed by atoms with Crippen molar-refractivity contribution in [1.29, 1.82) is 0 Å². The summed E-state index contributed by atoms with van der Waals surface area (Å²) in [4.78, 5) is 30.6. The highest BCUT2D eigenvalue weighted by Gasteiger charge is 2.29. The molecule has 0 unspecified atom stereocenters. The predicted molar refractivity (Wildman–Crippen MR) is 99.2 cm³/mol. The van der Waals surface area contributed by atoms with E-state index in [1.165, 1.54) is 0 Å². The summed E-state index contributed by atoms with van der Waals surface area (Å²) in [6, 6.07) is 7.21. The average molecular weight is 373 g/mol. The second kappa shape index (κ2) is 6.72. The molecule has 0 radical (unpaired) electrons. The molecule has 0 N–H and O–H groups in total. The van der Waals surface area contributed by atoms with Gasteiger partial charge in [-0.1, -0.05) is 23.7 Å². The van der Waals surface area contributed by atoms with E-state index >= 15 is 0 Å². The first-order chi connectivity index (χ1) is 12.2. The number of benzene rings is 1. The Hall–Kier alpha value is -2.40. The van der Waals surface area contributed by atoms with Gasteiger partial charge in [0.15, 0.2) is 0 Å². The van der Waals surface area contributed by atoms with Crippen LogP contribution in [0.1, 0.15) is 58.2 Å². The molecule has 5 nitrogen and oxygen atoms in total. The first-order valence-corrected chi connectivity index (χ1v) is 8.79. The Morgan fingerprint density at radius 3 is 2.65 bits per heavy atom. The SMILES string of the molecule is Cc1cc(CN2Cc3c(ccnc3Cl)C2=O)ccc1C(=O)OC(C)(C)C. The highest BCUT2D eigenvalue weighted by Crippen LogP contribution is 2.29. The van der Waals surface area contributed by atoms with Gasteiger partial charge in [0.1, 0.15) is 10.8 Å². The van der Waals surface area contributed by atoms with Crippen LogP contribution >= 0.6 is 11.6 Å². The van der Waals surface area contributed by atoms with Gasteiger partial charge >= 0.3 is 5.97 Å². The van der Waals surface area contributed by atoms with Crippen molar-refractivity contribution in [3.05, 3.63) is 63.4 Å². The minimum atomic E-state index is -0.538. The van der Waals surface area contributed by atoms with Gasteiger partial charge < -0.3 is 9.64 Å². The fraction of sp³-hybridized carbons (Fsp3) is 0.350. The lowest BCUT2D eigenvalue weighted by molar-refractivity contribution is 0.00685. The summed E-state index contributed by atoms with van der Waals surface area (Å²) in [6.07, 6.45) is 1.54. The van der Waals surface area contributed by atoms with Crippen LogP contribution in [-0.4, -0.2) is 27.4 Å². The molecule has 1 aromatic heterocycles. The lowest BCUT2D eigenvalue weighted by Crippen LogP contribution is -2.25. The second-order valence-electron chi connectivity index (χ2n) is 7.44. The normalized spacial score (nSPS) is 13.7. The van der Waals surface area contributed by atoms with Crippen molar-refractivity contribution in [3.8, 4) is 0 Å². The summed E-state index contributed by atoms with van der Waals surface area (Å²) >= 11 is 6.10. The molecule has 26 heavy (non-hydrogen) atoms. The molecule has 2 aromatic rings. The lowest BCUT2D eigenvalue weighted by atomic mass is 10.0. The van der Waals surface area contributed by atoms with Crippen molar-refractivity contribution >= 4 is 23.5 Å². The van der Waals surface area contributed by atoms with Gasteiger partial charge in [0.05, 0.1) is 12.1 Å². The molecule has 136 valence electrons. The van der Waals surface area contributed by atoms with Crippen molar-refractivity contribution in [2.45, 2.75) is 46.4 Å². The van der Waals surface area contributed by atoms with Crippen molar-refractivity contribution in [2.75, 3.05) is 0 Å². The monoisotopic (exact) mass is 372 g/mol. The van der Waals surface area contributed by atoms with Crippen LogP contribution in [0.3, 0.4) is 0 Å². The quantitative estimate of drug-likeness (QED) is 0.599. The van der Waals surface area contributed by atoms with E-state index in [1.54, 1.807) is 23.2 Å². The average Bonchev–Trinajstić information content (AvgIpc) is 2.84. The Bertz CT molecular complexity index is 887. The molecule has 3 rings (SSSR count). The molecule has 0 fully saturated rings. The van der Waals surface area contributed by atoms with Crippen LogP contribution in [0.25, 0.3) is 0 Å². The number of aryl methyl sites for hydroxylation is 1. The fourth-order valence-corrected chi connectivity index (χ4v) is 3.20. The number of rotatable bonds is 3. The maximum atomic E-state index is 12.5. The summed E-state index contributed by atoms with van der Waals surface area (Å²) < 4.78 is 5.43. The summed E-state index contributed by atoms with van der Waals surface area (Å²) in [5, 5.41) is 0.370. The Kier molecular flexibility index (Phi) is 4.76. The number of carbonyl (C=O) groups is 2. The number of ether oxygens (including phenoxy) is 1. The third kappa shape index (κ3) is 3.73. The Morgan fingerprint density at radius 2 is 2.04 bits per heavy atom.